The summed E-state index contributed by atoms with van der Waals surface area (Å²) < 4.78 is 0. The molecule has 1 unspecified atom stereocenters. The van der Waals surface area contributed by atoms with Crippen molar-refractivity contribution in [1.29, 1.82) is 0 Å². The zero-order valence-electron chi connectivity index (χ0n) is 8.47. The first kappa shape index (κ1) is 10.6. The van der Waals surface area contributed by atoms with Crippen molar-refractivity contribution in [3.8, 4) is 0 Å². The maximum absolute atomic E-state index is 11.3. The van der Waals surface area contributed by atoms with Crippen LogP contribution in [-0.4, -0.2) is 23.5 Å². The lowest BCUT2D eigenvalue weighted by Gasteiger charge is -2.06. The van der Waals surface area contributed by atoms with E-state index >= 15 is 0 Å². The SMILES string of the molecule is O=C1NCNC1Cc1ccc([N+](=O)[O-])cc1. The van der Waals surface area contributed by atoms with E-state index in [0.29, 0.717) is 13.1 Å². The van der Waals surface area contributed by atoms with Crippen molar-refractivity contribution in [3.63, 3.8) is 0 Å². The fourth-order valence-corrected chi connectivity index (χ4v) is 1.63. The zero-order chi connectivity index (χ0) is 11.5. The minimum atomic E-state index is -0.440. The van der Waals surface area contributed by atoms with Crippen LogP contribution in [-0.2, 0) is 11.2 Å². The number of non-ortho nitro benzene ring substituents is 1. The van der Waals surface area contributed by atoms with Crippen LogP contribution in [0.2, 0.25) is 0 Å². The molecule has 2 rings (SSSR count). The number of nitro groups is 1. The van der Waals surface area contributed by atoms with E-state index in [9.17, 15) is 14.9 Å². The minimum absolute atomic E-state index is 0.0293. The van der Waals surface area contributed by atoms with Gasteiger partial charge in [0.15, 0.2) is 0 Å². The molecule has 84 valence electrons. The Morgan fingerprint density at radius 1 is 1.38 bits per heavy atom. The summed E-state index contributed by atoms with van der Waals surface area (Å²) in [4.78, 5) is 21.3. The number of hydrogen-bond acceptors (Lipinski definition) is 4. The van der Waals surface area contributed by atoms with Crippen LogP contribution in [0.25, 0.3) is 0 Å². The quantitative estimate of drug-likeness (QED) is 0.563. The van der Waals surface area contributed by atoms with Crippen LogP contribution in [0.3, 0.4) is 0 Å². The van der Waals surface area contributed by atoms with Gasteiger partial charge < -0.3 is 5.32 Å². The molecule has 0 aromatic heterocycles. The van der Waals surface area contributed by atoms with Gasteiger partial charge in [-0.2, -0.15) is 0 Å². The second-order valence-electron chi connectivity index (χ2n) is 3.60. The van der Waals surface area contributed by atoms with Gasteiger partial charge >= 0.3 is 0 Å². The molecule has 0 spiro atoms. The summed E-state index contributed by atoms with van der Waals surface area (Å²) in [6, 6.07) is 6.00. The number of nitrogens with zero attached hydrogens (tertiary/aromatic N) is 1. The Morgan fingerprint density at radius 2 is 2.06 bits per heavy atom. The van der Waals surface area contributed by atoms with Crippen molar-refractivity contribution in [2.45, 2.75) is 12.5 Å². The standard InChI is InChI=1S/C10H11N3O3/c14-10-9(11-6-12-10)5-7-1-3-8(4-2-7)13(15)16/h1-4,9,11H,5-6H2,(H,12,14). The van der Waals surface area contributed by atoms with Gasteiger partial charge in [-0.3, -0.25) is 20.2 Å². The summed E-state index contributed by atoms with van der Waals surface area (Å²) in [5, 5.41) is 16.1. The molecule has 1 aliphatic heterocycles. The molecule has 16 heavy (non-hydrogen) atoms. The van der Waals surface area contributed by atoms with Crippen LogP contribution in [0, 0.1) is 10.1 Å². The third-order valence-electron chi connectivity index (χ3n) is 2.51. The first-order chi connectivity index (χ1) is 7.66. The molecule has 1 saturated heterocycles. The summed E-state index contributed by atoms with van der Waals surface area (Å²) in [5.41, 5.74) is 0.965. The minimum Gasteiger partial charge on any atom is -0.342 e. The predicted molar refractivity (Wildman–Crippen MR) is 56.7 cm³/mol. The second-order valence-corrected chi connectivity index (χ2v) is 3.60. The van der Waals surface area contributed by atoms with Gasteiger partial charge in [0.2, 0.25) is 5.91 Å². The molecule has 0 saturated carbocycles. The molecule has 2 N–H and O–H groups in total. The third kappa shape index (κ3) is 2.17. The van der Waals surface area contributed by atoms with Gasteiger partial charge in [0.1, 0.15) is 0 Å². The highest BCUT2D eigenvalue weighted by molar-refractivity contribution is 5.83. The lowest BCUT2D eigenvalue weighted by Crippen LogP contribution is -2.30. The molecule has 0 aliphatic carbocycles. The van der Waals surface area contributed by atoms with Gasteiger partial charge in [-0.15, -0.1) is 0 Å². The van der Waals surface area contributed by atoms with Crippen molar-refractivity contribution in [3.05, 3.63) is 39.9 Å². The number of amides is 1. The van der Waals surface area contributed by atoms with Crippen molar-refractivity contribution >= 4 is 11.6 Å². The molecule has 0 bridgehead atoms. The highest BCUT2D eigenvalue weighted by atomic mass is 16.6. The smallest absolute Gasteiger partial charge is 0.269 e. The van der Waals surface area contributed by atoms with E-state index in [1.54, 1.807) is 12.1 Å². The second kappa shape index (κ2) is 4.28. The van der Waals surface area contributed by atoms with Crippen LogP contribution in [0.15, 0.2) is 24.3 Å². The first-order valence-electron chi connectivity index (χ1n) is 4.91. The number of nitrogens with one attached hydrogen (secondary N) is 2. The van der Waals surface area contributed by atoms with E-state index < -0.39 is 4.92 Å². The Balaban J connectivity index is 2.05. The summed E-state index contributed by atoms with van der Waals surface area (Å²) in [5.74, 6) is -0.0293. The Labute approximate surface area is 91.8 Å². The largest absolute Gasteiger partial charge is 0.342 e. The average Bonchev–Trinajstić information content (AvgIpc) is 2.65. The van der Waals surface area contributed by atoms with E-state index in [1.165, 1.54) is 12.1 Å². The molecule has 1 aromatic rings. The van der Waals surface area contributed by atoms with Gasteiger partial charge in [0.25, 0.3) is 5.69 Å². The summed E-state index contributed by atoms with van der Waals surface area (Å²) in [7, 11) is 0. The van der Waals surface area contributed by atoms with Crippen LogP contribution in [0.5, 0.6) is 0 Å². The monoisotopic (exact) mass is 221 g/mol. The van der Waals surface area contributed by atoms with Crippen LogP contribution < -0.4 is 10.6 Å². The fraction of sp³-hybridized carbons (Fsp3) is 0.300. The maximum Gasteiger partial charge on any atom is 0.269 e. The van der Waals surface area contributed by atoms with Crippen LogP contribution in [0.1, 0.15) is 5.56 Å². The highest BCUT2D eigenvalue weighted by Crippen LogP contribution is 2.13. The molecular formula is C10H11N3O3. The lowest BCUT2D eigenvalue weighted by molar-refractivity contribution is -0.384. The Bertz CT molecular complexity index is 416. The Morgan fingerprint density at radius 3 is 2.56 bits per heavy atom. The molecule has 1 heterocycles. The van der Waals surface area contributed by atoms with Crippen LogP contribution in [0.4, 0.5) is 5.69 Å². The van der Waals surface area contributed by atoms with E-state index in [4.69, 9.17) is 0 Å². The molecule has 1 aromatic carbocycles. The number of nitro benzene ring substituents is 1. The van der Waals surface area contributed by atoms with Crippen molar-refractivity contribution < 1.29 is 9.72 Å². The van der Waals surface area contributed by atoms with E-state index in [1.807, 2.05) is 0 Å². The zero-order valence-corrected chi connectivity index (χ0v) is 8.47. The van der Waals surface area contributed by atoms with Gasteiger partial charge in [-0.25, -0.2) is 0 Å². The van der Waals surface area contributed by atoms with E-state index in [0.717, 1.165) is 5.56 Å². The predicted octanol–water partition coefficient (Wildman–Crippen LogP) is 0.183. The molecule has 0 radical (unpaired) electrons. The Hall–Kier alpha value is -1.95. The Kier molecular flexibility index (Phi) is 2.82. The maximum atomic E-state index is 11.3. The van der Waals surface area contributed by atoms with Gasteiger partial charge in [0, 0.05) is 12.1 Å². The van der Waals surface area contributed by atoms with Gasteiger partial charge in [0.05, 0.1) is 17.6 Å². The summed E-state index contributed by atoms with van der Waals surface area (Å²) >= 11 is 0. The number of benzene rings is 1. The molecule has 1 aliphatic rings. The number of carbonyl (C=O) groups excluding carboxylic acids is 1. The van der Waals surface area contributed by atoms with E-state index in [-0.39, 0.29) is 17.6 Å². The highest BCUT2D eigenvalue weighted by Gasteiger charge is 2.23. The third-order valence-corrected chi connectivity index (χ3v) is 2.51. The summed E-state index contributed by atoms with van der Waals surface area (Å²) in [6.07, 6.45) is 0.545. The lowest BCUT2D eigenvalue weighted by atomic mass is 10.1. The molecule has 6 heteroatoms. The van der Waals surface area contributed by atoms with Gasteiger partial charge in [-0.1, -0.05) is 12.1 Å². The van der Waals surface area contributed by atoms with Crippen molar-refractivity contribution in [2.24, 2.45) is 0 Å². The first-order valence-corrected chi connectivity index (χ1v) is 4.91. The van der Waals surface area contributed by atoms with E-state index in [2.05, 4.69) is 10.6 Å². The normalized spacial score (nSPS) is 19.5. The molecule has 1 atom stereocenters. The number of rotatable bonds is 3. The van der Waals surface area contributed by atoms with Crippen LogP contribution >= 0.6 is 0 Å². The van der Waals surface area contributed by atoms with Crippen molar-refractivity contribution in [2.75, 3.05) is 6.67 Å². The topological polar surface area (TPSA) is 84.3 Å². The number of hydrogen-bond donors (Lipinski definition) is 2. The van der Waals surface area contributed by atoms with Gasteiger partial charge in [-0.05, 0) is 12.0 Å². The molecule has 1 amide bonds. The summed E-state index contributed by atoms with van der Waals surface area (Å²) in [6.45, 7) is 0.483. The molecular weight excluding hydrogens is 210 g/mol. The molecule has 6 nitrogen and oxygen atoms in total. The number of carbonyl (C=O) groups is 1. The fourth-order valence-electron chi connectivity index (χ4n) is 1.63. The van der Waals surface area contributed by atoms with Crippen molar-refractivity contribution in [1.82, 2.24) is 10.6 Å². The molecule has 1 fully saturated rings. The average molecular weight is 221 g/mol.